The number of rotatable bonds is 1. The van der Waals surface area contributed by atoms with E-state index in [1.54, 1.807) is 0 Å². The Hall–Kier alpha value is -1.56. The summed E-state index contributed by atoms with van der Waals surface area (Å²) in [6.07, 6.45) is 1.24. The lowest BCUT2D eigenvalue weighted by molar-refractivity contribution is -0.380. The molecule has 1 aromatic heterocycles. The van der Waals surface area contributed by atoms with E-state index in [4.69, 9.17) is 0 Å². The minimum atomic E-state index is -0.506. The van der Waals surface area contributed by atoms with Crippen LogP contribution in [0.1, 0.15) is 15.9 Å². The minimum Gasteiger partial charge on any atom is -0.267 e. The molecule has 1 aliphatic rings. The predicted molar refractivity (Wildman–Crippen MR) is 42.9 cm³/mol. The van der Waals surface area contributed by atoms with Gasteiger partial charge in [-0.05, 0) is 0 Å². The number of thiophene rings is 1. The topological polar surface area (TPSA) is 72.6 Å². The molecule has 0 N–H and O–H groups in total. The van der Waals surface area contributed by atoms with Gasteiger partial charge in [-0.2, -0.15) is 0 Å². The van der Waals surface area contributed by atoms with Crippen molar-refractivity contribution in [3.05, 3.63) is 26.6 Å². The first-order valence-electron chi connectivity index (χ1n) is 3.04. The Morgan fingerprint density at radius 1 is 1.58 bits per heavy atom. The van der Waals surface area contributed by atoms with Crippen molar-refractivity contribution in [2.75, 3.05) is 0 Å². The third kappa shape index (κ3) is 0.782. The summed E-state index contributed by atoms with van der Waals surface area (Å²) in [7, 11) is 0. The zero-order chi connectivity index (χ0) is 8.72. The number of carbonyl (C=O) groups is 1. The summed E-state index contributed by atoms with van der Waals surface area (Å²) in [6.45, 7) is 0. The maximum absolute atomic E-state index is 10.9. The van der Waals surface area contributed by atoms with E-state index in [0.29, 0.717) is 11.1 Å². The molecule has 0 saturated heterocycles. The van der Waals surface area contributed by atoms with Crippen LogP contribution in [0.4, 0.5) is 5.00 Å². The van der Waals surface area contributed by atoms with Gasteiger partial charge in [-0.1, -0.05) is 11.3 Å². The average Bonchev–Trinajstić information content (AvgIpc) is 2.53. The molecule has 1 amide bonds. The molecule has 0 aliphatic carbocycles. The van der Waals surface area contributed by atoms with Crippen LogP contribution in [0.5, 0.6) is 0 Å². The predicted octanol–water partition coefficient (Wildman–Crippen LogP) is 1.23. The van der Waals surface area contributed by atoms with E-state index >= 15 is 0 Å². The number of aliphatic imine (C=N–C) groups is 1. The van der Waals surface area contributed by atoms with Crippen LogP contribution in [0, 0.1) is 10.1 Å². The number of carbonyl (C=O) groups excluding carboxylic acids is 1. The number of nitrogens with zero attached hydrogens (tertiary/aromatic N) is 2. The van der Waals surface area contributed by atoms with Crippen molar-refractivity contribution in [2.45, 2.75) is 0 Å². The molecule has 0 radical (unpaired) electrons. The third-order valence-corrected chi connectivity index (χ3v) is 2.46. The highest BCUT2D eigenvalue weighted by Crippen LogP contribution is 2.31. The summed E-state index contributed by atoms with van der Waals surface area (Å²) in [5.74, 6) is -0.394. The van der Waals surface area contributed by atoms with E-state index in [-0.39, 0.29) is 5.00 Å². The van der Waals surface area contributed by atoms with Gasteiger partial charge in [0.25, 0.3) is 5.91 Å². The van der Waals surface area contributed by atoms with Gasteiger partial charge in [0, 0.05) is 11.6 Å². The summed E-state index contributed by atoms with van der Waals surface area (Å²) in [5, 5.41) is 11.8. The Balaban J connectivity index is 2.64. The summed E-state index contributed by atoms with van der Waals surface area (Å²) >= 11 is 0.953. The SMILES string of the molecule is O=C1N=Cc2c1csc2[N+](=O)[O-]. The third-order valence-electron chi connectivity index (χ3n) is 1.52. The van der Waals surface area contributed by atoms with E-state index in [9.17, 15) is 14.9 Å². The first-order valence-corrected chi connectivity index (χ1v) is 3.92. The van der Waals surface area contributed by atoms with Crippen molar-refractivity contribution in [3.8, 4) is 0 Å². The molecular weight excluding hydrogens is 180 g/mol. The highest BCUT2D eigenvalue weighted by atomic mass is 32.1. The molecule has 0 spiro atoms. The molecule has 0 fully saturated rings. The van der Waals surface area contributed by atoms with Crippen LogP contribution < -0.4 is 0 Å². The largest absolute Gasteiger partial charge is 0.333 e. The van der Waals surface area contributed by atoms with Crippen LogP contribution in [0.3, 0.4) is 0 Å². The zero-order valence-corrected chi connectivity index (χ0v) is 6.50. The standard InChI is InChI=1S/C6H2N2O3S/c9-5-4-2-12-6(8(10)11)3(4)1-7-5/h1-2H. The van der Waals surface area contributed by atoms with E-state index in [2.05, 4.69) is 4.99 Å². The highest BCUT2D eigenvalue weighted by Gasteiger charge is 2.27. The smallest absolute Gasteiger partial charge is 0.267 e. The van der Waals surface area contributed by atoms with Crippen LogP contribution in [-0.4, -0.2) is 17.0 Å². The van der Waals surface area contributed by atoms with Gasteiger partial charge in [-0.15, -0.1) is 0 Å². The molecule has 0 unspecified atom stereocenters. The van der Waals surface area contributed by atoms with Crippen molar-refractivity contribution in [1.29, 1.82) is 0 Å². The molecule has 6 heteroatoms. The van der Waals surface area contributed by atoms with E-state index < -0.39 is 10.8 Å². The van der Waals surface area contributed by atoms with E-state index in [1.807, 2.05) is 0 Å². The minimum absolute atomic E-state index is 0.0143. The number of nitro groups is 1. The quantitative estimate of drug-likeness (QED) is 0.484. The Kier molecular flexibility index (Phi) is 1.31. The number of amides is 1. The maximum Gasteiger partial charge on any atom is 0.333 e. The molecule has 1 aromatic rings. The Morgan fingerprint density at radius 3 is 3.00 bits per heavy atom. The lowest BCUT2D eigenvalue weighted by atomic mass is 10.2. The van der Waals surface area contributed by atoms with Crippen molar-refractivity contribution in [3.63, 3.8) is 0 Å². The van der Waals surface area contributed by atoms with Gasteiger partial charge in [0.1, 0.15) is 0 Å². The van der Waals surface area contributed by atoms with Gasteiger partial charge in [-0.25, -0.2) is 4.99 Å². The van der Waals surface area contributed by atoms with Crippen LogP contribution in [0.15, 0.2) is 10.4 Å². The average molecular weight is 182 g/mol. The maximum atomic E-state index is 10.9. The normalized spacial score (nSPS) is 13.5. The second-order valence-corrected chi connectivity index (χ2v) is 3.05. The lowest BCUT2D eigenvalue weighted by Gasteiger charge is -1.83. The second-order valence-electron chi connectivity index (χ2n) is 2.19. The molecule has 2 rings (SSSR count). The van der Waals surface area contributed by atoms with Gasteiger partial charge >= 0.3 is 5.00 Å². The lowest BCUT2D eigenvalue weighted by Crippen LogP contribution is -1.90. The van der Waals surface area contributed by atoms with E-state index in [0.717, 1.165) is 11.3 Å². The van der Waals surface area contributed by atoms with Crippen LogP contribution in [0.25, 0.3) is 0 Å². The zero-order valence-electron chi connectivity index (χ0n) is 5.68. The number of hydrogen-bond acceptors (Lipinski definition) is 4. The Morgan fingerprint density at radius 2 is 2.33 bits per heavy atom. The molecule has 60 valence electrons. The molecule has 5 nitrogen and oxygen atoms in total. The fourth-order valence-electron chi connectivity index (χ4n) is 0.981. The Labute approximate surface area is 70.5 Å². The molecule has 0 saturated carbocycles. The Bertz CT molecular complexity index is 407. The van der Waals surface area contributed by atoms with Crippen molar-refractivity contribution in [2.24, 2.45) is 4.99 Å². The van der Waals surface area contributed by atoms with Crippen molar-refractivity contribution < 1.29 is 9.72 Å². The second kappa shape index (κ2) is 2.21. The first-order chi connectivity index (χ1) is 5.70. The van der Waals surface area contributed by atoms with Gasteiger partial charge in [0.05, 0.1) is 16.1 Å². The summed E-state index contributed by atoms with van der Waals surface area (Å²) in [6, 6.07) is 0. The molecule has 12 heavy (non-hydrogen) atoms. The molecule has 0 aromatic carbocycles. The molecule has 0 atom stereocenters. The first kappa shape index (κ1) is 7.11. The van der Waals surface area contributed by atoms with Gasteiger partial charge in [0.2, 0.25) is 0 Å². The van der Waals surface area contributed by atoms with Gasteiger partial charge < -0.3 is 0 Å². The summed E-state index contributed by atoms with van der Waals surface area (Å²) < 4.78 is 0. The van der Waals surface area contributed by atoms with Crippen LogP contribution in [-0.2, 0) is 0 Å². The molecular formula is C6H2N2O3S. The molecule has 1 aliphatic heterocycles. The monoisotopic (exact) mass is 182 g/mol. The number of fused-ring (bicyclic) bond motifs is 1. The van der Waals surface area contributed by atoms with Crippen LogP contribution >= 0.6 is 11.3 Å². The number of hydrogen-bond donors (Lipinski definition) is 0. The van der Waals surface area contributed by atoms with Crippen LogP contribution in [0.2, 0.25) is 0 Å². The fraction of sp³-hybridized carbons (Fsp3) is 0. The fourth-order valence-corrected chi connectivity index (χ4v) is 1.81. The van der Waals surface area contributed by atoms with E-state index in [1.165, 1.54) is 11.6 Å². The van der Waals surface area contributed by atoms with Gasteiger partial charge in [0.15, 0.2) is 0 Å². The molecule has 0 bridgehead atoms. The summed E-state index contributed by atoms with van der Waals surface area (Å²) in [5.41, 5.74) is 0.682. The van der Waals surface area contributed by atoms with Gasteiger partial charge in [-0.3, -0.25) is 14.9 Å². The summed E-state index contributed by atoms with van der Waals surface area (Å²) in [4.78, 5) is 24.2. The molecule has 2 heterocycles. The van der Waals surface area contributed by atoms with Crippen molar-refractivity contribution >= 4 is 28.5 Å². The highest BCUT2D eigenvalue weighted by molar-refractivity contribution is 7.14. The van der Waals surface area contributed by atoms with Crippen molar-refractivity contribution in [1.82, 2.24) is 0 Å².